The molecule has 0 fully saturated rings. The Labute approximate surface area is 99.6 Å². The number of aryl methyl sites for hydroxylation is 1. The number of fused-ring (bicyclic) bond motifs is 1. The second-order valence-electron chi connectivity index (χ2n) is 3.72. The Hall–Kier alpha value is -1.66. The molecule has 2 heterocycles. The van der Waals surface area contributed by atoms with Crippen LogP contribution in [0.4, 0.5) is 5.95 Å². The maximum absolute atomic E-state index is 5.07. The van der Waals surface area contributed by atoms with Gasteiger partial charge in [-0.1, -0.05) is 0 Å². The minimum atomic E-state index is -0.302. The van der Waals surface area contributed by atoms with Gasteiger partial charge in [-0.25, -0.2) is 4.52 Å². The molecular formula is C11H16N4O2. The molecule has 0 aliphatic heterocycles. The number of anilines is 1. The summed E-state index contributed by atoms with van der Waals surface area (Å²) >= 11 is 0. The topological polar surface area (TPSA) is 60.7 Å². The summed E-state index contributed by atoms with van der Waals surface area (Å²) < 4.78 is 11.9. The third kappa shape index (κ3) is 2.72. The van der Waals surface area contributed by atoms with E-state index in [2.05, 4.69) is 15.4 Å². The fourth-order valence-corrected chi connectivity index (χ4v) is 1.50. The maximum Gasteiger partial charge on any atom is 0.243 e. The molecule has 0 aliphatic carbocycles. The van der Waals surface area contributed by atoms with Gasteiger partial charge >= 0.3 is 0 Å². The van der Waals surface area contributed by atoms with Crippen LogP contribution in [-0.2, 0) is 9.47 Å². The van der Waals surface area contributed by atoms with Gasteiger partial charge in [-0.15, -0.1) is 5.10 Å². The maximum atomic E-state index is 5.07. The summed E-state index contributed by atoms with van der Waals surface area (Å²) in [4.78, 5) is 4.34. The Morgan fingerprint density at radius 2 is 2.18 bits per heavy atom. The van der Waals surface area contributed by atoms with Gasteiger partial charge in [0, 0.05) is 20.4 Å². The number of ether oxygens (including phenoxy) is 2. The first-order chi connectivity index (χ1) is 8.22. The quantitative estimate of drug-likeness (QED) is 0.787. The van der Waals surface area contributed by atoms with Crippen molar-refractivity contribution < 1.29 is 9.47 Å². The van der Waals surface area contributed by atoms with Crippen LogP contribution in [0.25, 0.3) is 5.65 Å². The smallest absolute Gasteiger partial charge is 0.243 e. The molecule has 0 saturated carbocycles. The van der Waals surface area contributed by atoms with E-state index in [4.69, 9.17) is 9.47 Å². The van der Waals surface area contributed by atoms with Crippen LogP contribution < -0.4 is 5.32 Å². The van der Waals surface area contributed by atoms with Gasteiger partial charge < -0.3 is 14.8 Å². The van der Waals surface area contributed by atoms with Gasteiger partial charge in [0.15, 0.2) is 11.9 Å². The molecule has 0 bridgehead atoms. The molecule has 2 aromatic rings. The average molecular weight is 236 g/mol. The Kier molecular flexibility index (Phi) is 3.55. The van der Waals surface area contributed by atoms with E-state index in [9.17, 15) is 0 Å². The van der Waals surface area contributed by atoms with Crippen LogP contribution >= 0.6 is 0 Å². The average Bonchev–Trinajstić information content (AvgIpc) is 2.72. The van der Waals surface area contributed by atoms with Crippen LogP contribution in [-0.4, -0.2) is 41.7 Å². The Morgan fingerprint density at radius 1 is 1.41 bits per heavy atom. The van der Waals surface area contributed by atoms with Gasteiger partial charge in [0.05, 0.1) is 6.54 Å². The van der Waals surface area contributed by atoms with E-state index in [1.54, 1.807) is 18.7 Å². The predicted molar refractivity (Wildman–Crippen MR) is 64.0 cm³/mol. The highest BCUT2D eigenvalue weighted by Gasteiger charge is 2.07. The Balaban J connectivity index is 2.09. The second-order valence-corrected chi connectivity index (χ2v) is 3.72. The zero-order valence-corrected chi connectivity index (χ0v) is 10.2. The number of hydrogen-bond acceptors (Lipinski definition) is 5. The number of pyridine rings is 1. The highest BCUT2D eigenvalue weighted by molar-refractivity contribution is 5.45. The predicted octanol–water partition coefficient (Wildman–Crippen LogP) is 1.07. The summed E-state index contributed by atoms with van der Waals surface area (Å²) in [6.45, 7) is 2.52. The SMILES string of the molecule is COC(CNc1nc2cc(C)ccn2n1)OC. The molecule has 0 saturated heterocycles. The van der Waals surface area contributed by atoms with E-state index in [1.807, 2.05) is 25.3 Å². The molecule has 17 heavy (non-hydrogen) atoms. The molecule has 0 amide bonds. The van der Waals surface area contributed by atoms with Crippen molar-refractivity contribution in [1.29, 1.82) is 0 Å². The molecule has 0 radical (unpaired) electrons. The van der Waals surface area contributed by atoms with Crippen molar-refractivity contribution >= 4 is 11.6 Å². The molecule has 0 unspecified atom stereocenters. The van der Waals surface area contributed by atoms with E-state index >= 15 is 0 Å². The number of hydrogen-bond donors (Lipinski definition) is 1. The fraction of sp³-hybridized carbons (Fsp3) is 0.455. The number of aromatic nitrogens is 3. The van der Waals surface area contributed by atoms with E-state index in [0.717, 1.165) is 11.2 Å². The van der Waals surface area contributed by atoms with Gasteiger partial charge in [-0.3, -0.25) is 0 Å². The van der Waals surface area contributed by atoms with Crippen molar-refractivity contribution in [2.45, 2.75) is 13.2 Å². The fourth-order valence-electron chi connectivity index (χ4n) is 1.50. The third-order valence-corrected chi connectivity index (χ3v) is 2.45. The van der Waals surface area contributed by atoms with Crippen molar-refractivity contribution in [2.75, 3.05) is 26.1 Å². The summed E-state index contributed by atoms with van der Waals surface area (Å²) in [5.74, 6) is 0.565. The van der Waals surface area contributed by atoms with Crippen molar-refractivity contribution in [3.63, 3.8) is 0 Å². The highest BCUT2D eigenvalue weighted by atomic mass is 16.7. The number of methoxy groups -OCH3 is 2. The van der Waals surface area contributed by atoms with Crippen molar-refractivity contribution in [3.05, 3.63) is 23.9 Å². The molecular weight excluding hydrogens is 220 g/mol. The van der Waals surface area contributed by atoms with Crippen molar-refractivity contribution in [1.82, 2.24) is 14.6 Å². The summed E-state index contributed by atoms with van der Waals surface area (Å²) in [5, 5.41) is 7.34. The van der Waals surface area contributed by atoms with E-state index < -0.39 is 0 Å². The molecule has 6 heteroatoms. The van der Waals surface area contributed by atoms with E-state index in [-0.39, 0.29) is 6.29 Å². The number of nitrogens with one attached hydrogen (secondary N) is 1. The van der Waals surface area contributed by atoms with Gasteiger partial charge in [-0.2, -0.15) is 4.98 Å². The molecule has 6 nitrogen and oxygen atoms in total. The van der Waals surface area contributed by atoms with Crippen LogP contribution in [0.5, 0.6) is 0 Å². The summed E-state index contributed by atoms with van der Waals surface area (Å²) in [6.07, 6.45) is 1.58. The standard InChI is InChI=1S/C11H16N4O2/c1-8-4-5-15-9(6-8)13-11(14-15)12-7-10(16-2)17-3/h4-6,10H,7H2,1-3H3,(H,12,14). The monoisotopic (exact) mass is 236 g/mol. The van der Waals surface area contributed by atoms with E-state index in [0.29, 0.717) is 12.5 Å². The summed E-state index contributed by atoms with van der Waals surface area (Å²) in [7, 11) is 3.19. The minimum absolute atomic E-state index is 0.302. The van der Waals surface area contributed by atoms with E-state index in [1.165, 1.54) is 0 Å². The first-order valence-corrected chi connectivity index (χ1v) is 5.35. The van der Waals surface area contributed by atoms with Crippen LogP contribution in [0.3, 0.4) is 0 Å². The van der Waals surface area contributed by atoms with Crippen LogP contribution in [0.2, 0.25) is 0 Å². The molecule has 0 spiro atoms. The van der Waals surface area contributed by atoms with Gasteiger partial charge in [0.1, 0.15) is 0 Å². The third-order valence-electron chi connectivity index (χ3n) is 2.45. The molecule has 2 rings (SSSR count). The Bertz CT molecular complexity index is 493. The summed E-state index contributed by atoms with van der Waals surface area (Å²) in [5.41, 5.74) is 1.97. The van der Waals surface area contributed by atoms with Crippen LogP contribution in [0.15, 0.2) is 18.3 Å². The lowest BCUT2D eigenvalue weighted by Crippen LogP contribution is -2.24. The van der Waals surface area contributed by atoms with Crippen molar-refractivity contribution in [2.24, 2.45) is 0 Å². The molecule has 0 aliphatic rings. The Morgan fingerprint density at radius 3 is 2.88 bits per heavy atom. The number of rotatable bonds is 5. The van der Waals surface area contributed by atoms with Crippen LogP contribution in [0.1, 0.15) is 5.56 Å². The first kappa shape index (κ1) is 11.8. The number of nitrogens with zero attached hydrogens (tertiary/aromatic N) is 3. The van der Waals surface area contributed by atoms with Gasteiger partial charge in [0.2, 0.25) is 5.95 Å². The zero-order chi connectivity index (χ0) is 12.3. The zero-order valence-electron chi connectivity index (χ0n) is 10.2. The molecule has 1 N–H and O–H groups in total. The molecule has 0 atom stereocenters. The minimum Gasteiger partial charge on any atom is -0.354 e. The molecule has 92 valence electrons. The summed E-state index contributed by atoms with van der Waals surface area (Å²) in [6, 6.07) is 3.96. The lowest BCUT2D eigenvalue weighted by Gasteiger charge is -2.12. The first-order valence-electron chi connectivity index (χ1n) is 5.35. The lowest BCUT2D eigenvalue weighted by atomic mass is 10.3. The molecule has 2 aromatic heterocycles. The van der Waals surface area contributed by atoms with Gasteiger partial charge in [0.25, 0.3) is 0 Å². The van der Waals surface area contributed by atoms with Crippen molar-refractivity contribution in [3.8, 4) is 0 Å². The normalized spacial score (nSPS) is 11.3. The molecule has 0 aromatic carbocycles. The lowest BCUT2D eigenvalue weighted by molar-refractivity contribution is -0.0914. The van der Waals surface area contributed by atoms with Crippen LogP contribution in [0, 0.1) is 6.92 Å². The largest absolute Gasteiger partial charge is 0.354 e. The van der Waals surface area contributed by atoms with Gasteiger partial charge in [-0.05, 0) is 24.6 Å². The highest BCUT2D eigenvalue weighted by Crippen LogP contribution is 2.07. The second kappa shape index (κ2) is 5.11.